The lowest BCUT2D eigenvalue weighted by Crippen LogP contribution is -2.00. The Bertz CT molecular complexity index is 511. The average Bonchev–Trinajstić information content (AvgIpc) is 2.32. The molecule has 16 heavy (non-hydrogen) atoms. The molecular formula is C12H11FO3. The average molecular weight is 222 g/mol. The minimum atomic E-state index is -0.768. The van der Waals surface area contributed by atoms with E-state index in [1.165, 1.54) is 13.2 Å². The van der Waals surface area contributed by atoms with Gasteiger partial charge >= 0.3 is 0 Å². The lowest BCUT2D eigenvalue weighted by Gasteiger charge is -2.09. The molecule has 0 aromatic heterocycles. The molecule has 0 radical (unpaired) electrons. The maximum atomic E-state index is 13.6. The molecule has 0 aliphatic carbocycles. The quantitative estimate of drug-likeness (QED) is 0.811. The van der Waals surface area contributed by atoms with Crippen molar-refractivity contribution in [2.24, 2.45) is 0 Å². The Labute approximate surface area is 92.0 Å². The van der Waals surface area contributed by atoms with Crippen molar-refractivity contribution in [2.75, 3.05) is 13.9 Å². The molecule has 3 nitrogen and oxygen atoms in total. The second kappa shape index (κ2) is 4.37. The molecule has 0 aliphatic heterocycles. The molecule has 0 unspecified atom stereocenters. The summed E-state index contributed by atoms with van der Waals surface area (Å²) in [4.78, 5) is 0. The number of ether oxygens (including phenoxy) is 2. The molecule has 0 amide bonds. The van der Waals surface area contributed by atoms with E-state index in [-0.39, 0.29) is 12.5 Å². The number of benzene rings is 2. The van der Waals surface area contributed by atoms with Crippen LogP contribution in [0.15, 0.2) is 30.3 Å². The zero-order chi connectivity index (χ0) is 11.5. The van der Waals surface area contributed by atoms with Gasteiger partial charge in [0, 0.05) is 12.5 Å². The molecule has 0 heterocycles. The standard InChI is InChI=1S/C12H11FO3/c1-15-7-16-10-6-8-4-2-3-5-9(8)12(14)11(10)13/h2-6,14H,7H2,1H3. The van der Waals surface area contributed by atoms with Crippen molar-refractivity contribution in [2.45, 2.75) is 0 Å². The van der Waals surface area contributed by atoms with E-state index in [4.69, 9.17) is 4.74 Å². The van der Waals surface area contributed by atoms with Crippen molar-refractivity contribution >= 4 is 10.8 Å². The van der Waals surface area contributed by atoms with Crippen LogP contribution in [0.3, 0.4) is 0 Å². The molecule has 0 aliphatic rings. The first kappa shape index (κ1) is 10.7. The van der Waals surface area contributed by atoms with Gasteiger partial charge in [-0.25, -0.2) is 0 Å². The first-order valence-corrected chi connectivity index (χ1v) is 4.76. The Morgan fingerprint density at radius 2 is 2.06 bits per heavy atom. The summed E-state index contributed by atoms with van der Waals surface area (Å²) in [7, 11) is 1.44. The molecule has 0 saturated heterocycles. The summed E-state index contributed by atoms with van der Waals surface area (Å²) in [5.41, 5.74) is 0. The molecule has 1 N–H and O–H groups in total. The molecule has 2 rings (SSSR count). The SMILES string of the molecule is COCOc1cc2ccccc2c(O)c1F. The predicted molar refractivity (Wildman–Crippen MR) is 58.1 cm³/mol. The van der Waals surface area contributed by atoms with Crippen LogP contribution in [-0.4, -0.2) is 19.0 Å². The maximum absolute atomic E-state index is 13.6. The number of hydrogen-bond donors (Lipinski definition) is 1. The third kappa shape index (κ3) is 1.79. The van der Waals surface area contributed by atoms with Crippen LogP contribution in [0.4, 0.5) is 4.39 Å². The van der Waals surface area contributed by atoms with Gasteiger partial charge in [-0.1, -0.05) is 24.3 Å². The predicted octanol–water partition coefficient (Wildman–Crippen LogP) is 2.67. The highest BCUT2D eigenvalue weighted by atomic mass is 19.1. The van der Waals surface area contributed by atoms with Gasteiger partial charge < -0.3 is 14.6 Å². The summed E-state index contributed by atoms with van der Waals surface area (Å²) in [6.45, 7) is -0.0608. The fourth-order valence-electron chi connectivity index (χ4n) is 1.51. The zero-order valence-electron chi connectivity index (χ0n) is 8.74. The highest BCUT2D eigenvalue weighted by molar-refractivity contribution is 5.89. The molecule has 84 valence electrons. The molecular weight excluding hydrogens is 211 g/mol. The summed E-state index contributed by atoms with van der Waals surface area (Å²) in [5, 5.41) is 10.8. The Kier molecular flexibility index (Phi) is 2.92. The first-order chi connectivity index (χ1) is 7.74. The number of phenolic OH excluding ortho intramolecular Hbond substituents is 1. The van der Waals surface area contributed by atoms with Gasteiger partial charge in [-0.15, -0.1) is 0 Å². The summed E-state index contributed by atoms with van der Waals surface area (Å²) in [5.74, 6) is -1.18. The van der Waals surface area contributed by atoms with Gasteiger partial charge in [0.05, 0.1) is 0 Å². The van der Waals surface area contributed by atoms with Gasteiger partial charge in [0.2, 0.25) is 5.82 Å². The lowest BCUT2D eigenvalue weighted by molar-refractivity contribution is 0.0481. The molecule has 4 heteroatoms. The monoisotopic (exact) mass is 222 g/mol. The van der Waals surface area contributed by atoms with E-state index in [0.29, 0.717) is 10.8 Å². The van der Waals surface area contributed by atoms with Gasteiger partial charge in [-0.05, 0) is 11.5 Å². The van der Waals surface area contributed by atoms with Crippen LogP contribution in [-0.2, 0) is 4.74 Å². The normalized spacial score (nSPS) is 10.6. The van der Waals surface area contributed by atoms with Crippen LogP contribution in [0.5, 0.6) is 11.5 Å². The summed E-state index contributed by atoms with van der Waals surface area (Å²) in [6.07, 6.45) is 0. The van der Waals surface area contributed by atoms with Crippen LogP contribution in [0.1, 0.15) is 0 Å². The van der Waals surface area contributed by atoms with Crippen LogP contribution < -0.4 is 4.74 Å². The summed E-state index contributed by atoms with van der Waals surface area (Å²) < 4.78 is 23.3. The summed E-state index contributed by atoms with van der Waals surface area (Å²) in [6, 6.07) is 8.49. The smallest absolute Gasteiger partial charge is 0.207 e. The highest BCUT2D eigenvalue weighted by Crippen LogP contribution is 2.34. The van der Waals surface area contributed by atoms with E-state index >= 15 is 0 Å². The van der Waals surface area contributed by atoms with Crippen molar-refractivity contribution in [3.05, 3.63) is 36.1 Å². The topological polar surface area (TPSA) is 38.7 Å². The molecule has 2 aromatic carbocycles. The van der Waals surface area contributed by atoms with Crippen molar-refractivity contribution in [3.63, 3.8) is 0 Å². The van der Waals surface area contributed by atoms with Gasteiger partial charge in [0.15, 0.2) is 18.3 Å². The van der Waals surface area contributed by atoms with E-state index < -0.39 is 11.6 Å². The third-order valence-electron chi connectivity index (χ3n) is 2.26. The molecule has 0 spiro atoms. The van der Waals surface area contributed by atoms with Crippen molar-refractivity contribution < 1.29 is 19.0 Å². The van der Waals surface area contributed by atoms with Crippen molar-refractivity contribution in [3.8, 4) is 11.5 Å². The Balaban J connectivity index is 2.55. The largest absolute Gasteiger partial charge is 0.504 e. The van der Waals surface area contributed by atoms with Gasteiger partial charge in [-0.3, -0.25) is 0 Å². The minimum Gasteiger partial charge on any atom is -0.504 e. The number of rotatable bonds is 3. The zero-order valence-corrected chi connectivity index (χ0v) is 8.74. The van der Waals surface area contributed by atoms with Crippen molar-refractivity contribution in [1.29, 1.82) is 0 Å². The number of fused-ring (bicyclic) bond motifs is 1. The van der Waals surface area contributed by atoms with Crippen LogP contribution in [0.25, 0.3) is 10.8 Å². The molecule has 0 saturated carbocycles. The second-order valence-electron chi connectivity index (χ2n) is 3.31. The molecule has 0 fully saturated rings. The number of hydrogen-bond acceptors (Lipinski definition) is 3. The number of aromatic hydroxyl groups is 1. The van der Waals surface area contributed by atoms with Crippen LogP contribution in [0, 0.1) is 5.82 Å². The number of halogens is 1. The van der Waals surface area contributed by atoms with E-state index in [1.54, 1.807) is 24.3 Å². The van der Waals surface area contributed by atoms with E-state index in [0.717, 1.165) is 0 Å². The van der Waals surface area contributed by atoms with E-state index in [2.05, 4.69) is 4.74 Å². The molecule has 2 aromatic rings. The first-order valence-electron chi connectivity index (χ1n) is 4.76. The molecule has 0 bridgehead atoms. The van der Waals surface area contributed by atoms with E-state index in [1.807, 2.05) is 0 Å². The fourth-order valence-corrected chi connectivity index (χ4v) is 1.51. The third-order valence-corrected chi connectivity index (χ3v) is 2.26. The minimum absolute atomic E-state index is 0.0157. The molecule has 0 atom stereocenters. The van der Waals surface area contributed by atoms with Gasteiger partial charge in [0.1, 0.15) is 0 Å². The van der Waals surface area contributed by atoms with Crippen molar-refractivity contribution in [1.82, 2.24) is 0 Å². The number of methoxy groups -OCH3 is 1. The van der Waals surface area contributed by atoms with E-state index in [9.17, 15) is 9.50 Å². The fraction of sp³-hybridized carbons (Fsp3) is 0.167. The number of phenols is 1. The van der Waals surface area contributed by atoms with Crippen LogP contribution >= 0.6 is 0 Å². The van der Waals surface area contributed by atoms with Crippen LogP contribution in [0.2, 0.25) is 0 Å². The lowest BCUT2D eigenvalue weighted by atomic mass is 10.1. The highest BCUT2D eigenvalue weighted by Gasteiger charge is 2.13. The second-order valence-corrected chi connectivity index (χ2v) is 3.31. The Morgan fingerprint density at radius 1 is 1.31 bits per heavy atom. The Hall–Kier alpha value is -1.81. The van der Waals surface area contributed by atoms with Gasteiger partial charge in [0.25, 0.3) is 0 Å². The summed E-state index contributed by atoms with van der Waals surface area (Å²) >= 11 is 0. The Morgan fingerprint density at radius 3 is 2.81 bits per heavy atom. The maximum Gasteiger partial charge on any atom is 0.207 e. The van der Waals surface area contributed by atoms with Gasteiger partial charge in [-0.2, -0.15) is 4.39 Å².